The molecule has 0 atom stereocenters. The fraction of sp³-hybridized carbons (Fsp3) is 0.150. The number of carbonyl (C=O) groups excluding carboxylic acids is 1. The molecule has 0 spiro atoms. The number of nitrogens with one attached hydrogen (secondary N) is 1. The van der Waals surface area contributed by atoms with Crippen LogP contribution in [0.1, 0.15) is 6.92 Å². The van der Waals surface area contributed by atoms with Gasteiger partial charge in [-0.2, -0.15) is 0 Å². The molecule has 2 aromatic carbocycles. The zero-order valence-electron chi connectivity index (χ0n) is 15.2. The van der Waals surface area contributed by atoms with Crippen LogP contribution in [0.15, 0.2) is 66.1 Å². The van der Waals surface area contributed by atoms with Crippen LogP contribution in [0.25, 0.3) is 15.9 Å². The Morgan fingerprint density at radius 3 is 2.82 bits per heavy atom. The first kappa shape index (κ1) is 18.5. The average molecular weight is 411 g/mol. The number of ether oxygens (including phenoxy) is 1. The molecule has 6 nitrogen and oxygen atoms in total. The molecule has 1 N–H and O–H groups in total. The summed E-state index contributed by atoms with van der Waals surface area (Å²) in [7, 11) is 0. The number of anilines is 1. The van der Waals surface area contributed by atoms with Crippen LogP contribution in [0, 0.1) is 0 Å². The summed E-state index contributed by atoms with van der Waals surface area (Å²) in [6.45, 7) is 2.59. The lowest BCUT2D eigenvalue weighted by Gasteiger charge is -2.09. The van der Waals surface area contributed by atoms with Gasteiger partial charge in [-0.15, -0.1) is 0 Å². The maximum atomic E-state index is 12.3. The Morgan fingerprint density at radius 2 is 2.04 bits per heavy atom. The molecule has 1 amide bonds. The number of rotatable bonds is 7. The molecule has 0 bridgehead atoms. The van der Waals surface area contributed by atoms with Gasteiger partial charge in [-0.25, -0.2) is 9.97 Å². The number of fused-ring (bicyclic) bond motifs is 1. The maximum Gasteiger partial charge on any atom is 0.236 e. The third kappa shape index (κ3) is 4.18. The SMILES string of the molecule is CCOc1ccc(-n2ccnc2SCC(=O)Nc2nc3ccccc3s2)cc1. The summed E-state index contributed by atoms with van der Waals surface area (Å²) in [6, 6.07) is 15.6. The van der Waals surface area contributed by atoms with Crippen LogP contribution in [0.3, 0.4) is 0 Å². The Labute approximate surface area is 170 Å². The van der Waals surface area contributed by atoms with Gasteiger partial charge in [0.15, 0.2) is 10.3 Å². The standard InChI is InChI=1S/C20H18N4O2S2/c1-2-26-15-9-7-14(8-10-15)24-12-11-21-20(24)27-13-18(25)23-19-22-16-5-3-4-6-17(16)28-19/h3-12H,2,13H2,1H3,(H,22,23,25). The van der Waals surface area contributed by atoms with E-state index in [0.29, 0.717) is 11.7 Å². The van der Waals surface area contributed by atoms with Crippen LogP contribution in [-0.4, -0.2) is 32.8 Å². The number of carbonyl (C=O) groups is 1. The Kier molecular flexibility index (Phi) is 5.59. The van der Waals surface area contributed by atoms with Crippen LogP contribution in [-0.2, 0) is 4.79 Å². The van der Waals surface area contributed by atoms with Crippen molar-refractivity contribution in [1.82, 2.24) is 14.5 Å². The first-order chi connectivity index (χ1) is 13.7. The highest BCUT2D eigenvalue weighted by Crippen LogP contribution is 2.26. The molecule has 0 aliphatic heterocycles. The molecule has 8 heteroatoms. The third-order valence-corrected chi connectivity index (χ3v) is 5.82. The first-order valence-electron chi connectivity index (χ1n) is 8.78. The number of benzene rings is 2. The molecule has 0 aliphatic carbocycles. The van der Waals surface area contributed by atoms with Gasteiger partial charge in [-0.1, -0.05) is 35.2 Å². The normalized spacial score (nSPS) is 10.9. The summed E-state index contributed by atoms with van der Waals surface area (Å²) in [6.07, 6.45) is 3.60. The van der Waals surface area contributed by atoms with E-state index < -0.39 is 0 Å². The van der Waals surface area contributed by atoms with Crippen LogP contribution >= 0.6 is 23.1 Å². The minimum absolute atomic E-state index is 0.106. The lowest BCUT2D eigenvalue weighted by atomic mass is 10.3. The molecule has 2 heterocycles. The van der Waals surface area contributed by atoms with Gasteiger partial charge >= 0.3 is 0 Å². The molecule has 0 aliphatic rings. The molecule has 0 unspecified atom stereocenters. The minimum Gasteiger partial charge on any atom is -0.494 e. The topological polar surface area (TPSA) is 69.0 Å². The summed E-state index contributed by atoms with van der Waals surface area (Å²) >= 11 is 2.85. The second kappa shape index (κ2) is 8.45. The molecule has 4 rings (SSSR count). The Morgan fingerprint density at radius 1 is 1.21 bits per heavy atom. The number of para-hydroxylation sites is 1. The molecule has 142 valence electrons. The summed E-state index contributed by atoms with van der Waals surface area (Å²) in [5, 5.41) is 4.23. The predicted octanol–water partition coefficient (Wildman–Crippen LogP) is 4.61. The van der Waals surface area contributed by atoms with Crippen molar-refractivity contribution >= 4 is 44.4 Å². The van der Waals surface area contributed by atoms with Crippen molar-refractivity contribution < 1.29 is 9.53 Å². The van der Waals surface area contributed by atoms with Crippen molar-refractivity contribution in [2.24, 2.45) is 0 Å². The maximum absolute atomic E-state index is 12.3. The van der Waals surface area contributed by atoms with Crippen molar-refractivity contribution in [3.8, 4) is 11.4 Å². The molecule has 0 saturated carbocycles. The van der Waals surface area contributed by atoms with E-state index in [-0.39, 0.29) is 11.7 Å². The summed E-state index contributed by atoms with van der Waals surface area (Å²) in [5.74, 6) is 0.977. The molecule has 0 radical (unpaired) electrons. The van der Waals surface area contributed by atoms with Crippen LogP contribution in [0.5, 0.6) is 5.75 Å². The lowest BCUT2D eigenvalue weighted by Crippen LogP contribution is -2.14. The van der Waals surface area contributed by atoms with Crippen molar-refractivity contribution in [3.63, 3.8) is 0 Å². The molecular weight excluding hydrogens is 392 g/mol. The van der Waals surface area contributed by atoms with Crippen molar-refractivity contribution in [2.45, 2.75) is 12.1 Å². The zero-order chi connectivity index (χ0) is 19.3. The van der Waals surface area contributed by atoms with Crippen molar-refractivity contribution in [3.05, 3.63) is 60.9 Å². The van der Waals surface area contributed by atoms with Crippen LogP contribution in [0.2, 0.25) is 0 Å². The molecule has 2 aromatic heterocycles. The van der Waals surface area contributed by atoms with E-state index in [2.05, 4.69) is 15.3 Å². The van der Waals surface area contributed by atoms with Gasteiger partial charge in [0.1, 0.15) is 5.75 Å². The second-order valence-corrected chi connectivity index (χ2v) is 7.80. The monoisotopic (exact) mass is 410 g/mol. The highest BCUT2D eigenvalue weighted by molar-refractivity contribution is 7.99. The van der Waals surface area contributed by atoms with Gasteiger partial charge in [0, 0.05) is 18.1 Å². The first-order valence-corrected chi connectivity index (χ1v) is 10.6. The van der Waals surface area contributed by atoms with Crippen LogP contribution < -0.4 is 10.1 Å². The fourth-order valence-corrected chi connectivity index (χ4v) is 4.33. The van der Waals surface area contributed by atoms with Crippen molar-refractivity contribution in [1.29, 1.82) is 0 Å². The van der Waals surface area contributed by atoms with Gasteiger partial charge in [0.25, 0.3) is 0 Å². The minimum atomic E-state index is -0.106. The summed E-state index contributed by atoms with van der Waals surface area (Å²) in [4.78, 5) is 21.1. The van der Waals surface area contributed by atoms with E-state index in [1.54, 1.807) is 6.20 Å². The van der Waals surface area contributed by atoms with E-state index in [1.807, 2.05) is 66.2 Å². The number of imidazole rings is 1. The Balaban J connectivity index is 1.39. The zero-order valence-corrected chi connectivity index (χ0v) is 16.8. The second-order valence-electron chi connectivity index (χ2n) is 5.83. The lowest BCUT2D eigenvalue weighted by molar-refractivity contribution is -0.113. The predicted molar refractivity (Wildman–Crippen MR) is 114 cm³/mol. The van der Waals surface area contributed by atoms with Crippen molar-refractivity contribution in [2.75, 3.05) is 17.7 Å². The number of hydrogen-bond donors (Lipinski definition) is 1. The van der Waals surface area contributed by atoms with E-state index in [0.717, 1.165) is 26.8 Å². The number of amides is 1. The number of thioether (sulfide) groups is 1. The number of aromatic nitrogens is 3. The van der Waals surface area contributed by atoms with E-state index in [4.69, 9.17) is 4.74 Å². The highest BCUT2D eigenvalue weighted by atomic mass is 32.2. The van der Waals surface area contributed by atoms with E-state index in [1.165, 1.54) is 23.1 Å². The van der Waals surface area contributed by atoms with Gasteiger partial charge < -0.3 is 10.1 Å². The van der Waals surface area contributed by atoms with Gasteiger partial charge in [-0.3, -0.25) is 9.36 Å². The molecular formula is C20H18N4O2S2. The Hall–Kier alpha value is -2.84. The van der Waals surface area contributed by atoms with E-state index >= 15 is 0 Å². The smallest absolute Gasteiger partial charge is 0.236 e. The molecule has 4 aromatic rings. The van der Waals surface area contributed by atoms with E-state index in [9.17, 15) is 4.79 Å². The fourth-order valence-electron chi connectivity index (χ4n) is 2.67. The summed E-state index contributed by atoms with van der Waals surface area (Å²) < 4.78 is 8.48. The van der Waals surface area contributed by atoms with Crippen LogP contribution in [0.4, 0.5) is 5.13 Å². The van der Waals surface area contributed by atoms with Gasteiger partial charge in [0.2, 0.25) is 5.91 Å². The molecule has 0 saturated heterocycles. The Bertz CT molecular complexity index is 1060. The number of thiazole rings is 1. The number of nitrogens with zero attached hydrogens (tertiary/aromatic N) is 3. The number of hydrogen-bond acceptors (Lipinski definition) is 6. The third-order valence-electron chi connectivity index (χ3n) is 3.91. The van der Waals surface area contributed by atoms with Gasteiger partial charge in [0.05, 0.1) is 22.6 Å². The van der Waals surface area contributed by atoms with Gasteiger partial charge in [-0.05, 0) is 43.3 Å². The average Bonchev–Trinajstić information content (AvgIpc) is 3.33. The largest absolute Gasteiger partial charge is 0.494 e. The summed E-state index contributed by atoms with van der Waals surface area (Å²) in [5.41, 5.74) is 1.86. The molecule has 0 fully saturated rings. The quantitative estimate of drug-likeness (QED) is 0.451. The highest BCUT2D eigenvalue weighted by Gasteiger charge is 2.11. The molecule has 28 heavy (non-hydrogen) atoms.